The third kappa shape index (κ3) is 1.23. The fourth-order valence-corrected chi connectivity index (χ4v) is 2.06. The number of benzene rings is 1. The number of hydrogen-bond donors (Lipinski definition) is 0. The van der Waals surface area contributed by atoms with Gasteiger partial charge < -0.3 is 4.74 Å². The highest BCUT2D eigenvalue weighted by atomic mass is 16.5. The Morgan fingerprint density at radius 1 is 1.27 bits per heavy atom. The van der Waals surface area contributed by atoms with Gasteiger partial charge in [0.1, 0.15) is 11.9 Å². The van der Waals surface area contributed by atoms with Gasteiger partial charge in [-0.25, -0.2) is 0 Å². The molecule has 0 saturated heterocycles. The highest BCUT2D eigenvalue weighted by Gasteiger charge is 2.23. The summed E-state index contributed by atoms with van der Waals surface area (Å²) in [4.78, 5) is 0. The summed E-state index contributed by atoms with van der Waals surface area (Å²) in [6, 6.07) is 8.16. The minimum absolute atomic E-state index is 0.0705. The van der Waals surface area contributed by atoms with Crippen molar-refractivity contribution in [1.82, 2.24) is 0 Å². The summed E-state index contributed by atoms with van der Waals surface area (Å²) in [5, 5.41) is 0. The van der Waals surface area contributed by atoms with Gasteiger partial charge in [-0.05, 0) is 36.8 Å². The standard InChI is InChI=1S/C14H11O/c1-10-11-6-2-4-8-13(11)15-14-9-5-3-7-12(10)14/h2,4-9,14H,1H3. The highest BCUT2D eigenvalue weighted by Crippen LogP contribution is 2.37. The van der Waals surface area contributed by atoms with Gasteiger partial charge in [0.2, 0.25) is 0 Å². The lowest BCUT2D eigenvalue weighted by atomic mass is 9.92. The van der Waals surface area contributed by atoms with E-state index in [1.807, 2.05) is 36.4 Å². The Morgan fingerprint density at radius 3 is 3.07 bits per heavy atom. The topological polar surface area (TPSA) is 9.23 Å². The number of fused-ring (bicyclic) bond motifs is 2. The highest BCUT2D eigenvalue weighted by molar-refractivity contribution is 5.77. The molecule has 0 aromatic heterocycles. The second-order valence-electron chi connectivity index (χ2n) is 3.79. The maximum atomic E-state index is 5.89. The Hall–Kier alpha value is -1.76. The summed E-state index contributed by atoms with van der Waals surface area (Å²) >= 11 is 0. The van der Waals surface area contributed by atoms with Crippen LogP contribution in [0.3, 0.4) is 0 Å². The Morgan fingerprint density at radius 2 is 2.13 bits per heavy atom. The molecule has 1 aromatic rings. The minimum atomic E-state index is 0.0705. The molecule has 0 amide bonds. The summed E-state index contributed by atoms with van der Waals surface area (Å²) in [6.07, 6.45) is 9.13. The van der Waals surface area contributed by atoms with Crippen molar-refractivity contribution < 1.29 is 4.74 Å². The van der Waals surface area contributed by atoms with Gasteiger partial charge in [-0.1, -0.05) is 24.3 Å². The van der Waals surface area contributed by atoms with Crippen LogP contribution in [0.5, 0.6) is 5.75 Å². The summed E-state index contributed by atoms with van der Waals surface area (Å²) in [5.74, 6) is 0.976. The summed E-state index contributed by atoms with van der Waals surface area (Å²) < 4.78 is 5.89. The van der Waals surface area contributed by atoms with Crippen molar-refractivity contribution in [3.63, 3.8) is 0 Å². The van der Waals surface area contributed by atoms with Crippen molar-refractivity contribution in [3.8, 4) is 5.75 Å². The van der Waals surface area contributed by atoms with Crippen LogP contribution in [0, 0.1) is 6.08 Å². The summed E-state index contributed by atoms with van der Waals surface area (Å²) in [7, 11) is 0. The van der Waals surface area contributed by atoms with Crippen LogP contribution in [0.25, 0.3) is 5.57 Å². The number of hydrogen-bond acceptors (Lipinski definition) is 1. The van der Waals surface area contributed by atoms with Gasteiger partial charge in [0, 0.05) is 11.1 Å². The van der Waals surface area contributed by atoms with Gasteiger partial charge in [-0.2, -0.15) is 0 Å². The van der Waals surface area contributed by atoms with Crippen LogP contribution in [-0.2, 0) is 0 Å². The van der Waals surface area contributed by atoms with Gasteiger partial charge in [-0.15, -0.1) is 0 Å². The molecular formula is C14H11O. The molecule has 1 aromatic carbocycles. The number of para-hydroxylation sites is 1. The first-order chi connectivity index (χ1) is 7.36. The van der Waals surface area contributed by atoms with Crippen LogP contribution < -0.4 is 4.74 Å². The zero-order valence-corrected chi connectivity index (χ0v) is 8.53. The van der Waals surface area contributed by atoms with E-state index < -0.39 is 0 Å². The maximum Gasteiger partial charge on any atom is 0.143 e. The van der Waals surface area contributed by atoms with Crippen molar-refractivity contribution in [2.45, 2.75) is 13.0 Å². The number of rotatable bonds is 0. The van der Waals surface area contributed by atoms with Crippen LogP contribution in [0.4, 0.5) is 0 Å². The van der Waals surface area contributed by atoms with Crippen molar-refractivity contribution in [2.24, 2.45) is 0 Å². The van der Waals surface area contributed by atoms with Gasteiger partial charge in [-0.3, -0.25) is 0 Å². The average molecular weight is 195 g/mol. The lowest BCUT2D eigenvalue weighted by Crippen LogP contribution is -2.22. The van der Waals surface area contributed by atoms with Crippen molar-refractivity contribution in [3.05, 3.63) is 59.7 Å². The molecule has 1 heterocycles. The van der Waals surface area contributed by atoms with Crippen LogP contribution in [0.15, 0.2) is 48.1 Å². The molecule has 73 valence electrons. The maximum absolute atomic E-state index is 5.89. The molecule has 1 nitrogen and oxygen atoms in total. The molecule has 1 unspecified atom stereocenters. The van der Waals surface area contributed by atoms with E-state index in [2.05, 4.69) is 19.1 Å². The van der Waals surface area contributed by atoms with Crippen LogP contribution >= 0.6 is 0 Å². The zero-order valence-electron chi connectivity index (χ0n) is 8.53. The summed E-state index contributed by atoms with van der Waals surface area (Å²) in [6.45, 7) is 2.14. The molecule has 1 heteroatoms. The Kier molecular flexibility index (Phi) is 1.78. The normalized spacial score (nSPS) is 22.1. The van der Waals surface area contributed by atoms with E-state index in [4.69, 9.17) is 4.74 Å². The fourth-order valence-electron chi connectivity index (χ4n) is 2.06. The first-order valence-electron chi connectivity index (χ1n) is 5.09. The van der Waals surface area contributed by atoms with Gasteiger partial charge in [0.05, 0.1) is 0 Å². The van der Waals surface area contributed by atoms with E-state index in [9.17, 15) is 0 Å². The van der Waals surface area contributed by atoms with Crippen molar-refractivity contribution in [2.75, 3.05) is 0 Å². The Balaban J connectivity index is 2.21. The fraction of sp³-hybridized carbons (Fsp3) is 0.143. The second-order valence-corrected chi connectivity index (χ2v) is 3.79. The molecule has 1 radical (unpaired) electrons. The number of ether oxygens (including phenoxy) is 1. The van der Waals surface area contributed by atoms with Crippen molar-refractivity contribution in [1.29, 1.82) is 0 Å². The molecule has 1 aliphatic carbocycles. The van der Waals surface area contributed by atoms with Gasteiger partial charge in [0.15, 0.2) is 0 Å². The molecule has 0 N–H and O–H groups in total. The predicted octanol–water partition coefficient (Wildman–Crippen LogP) is 3.15. The van der Waals surface area contributed by atoms with E-state index in [1.54, 1.807) is 0 Å². The second kappa shape index (κ2) is 3.13. The first kappa shape index (κ1) is 8.54. The van der Waals surface area contributed by atoms with E-state index in [1.165, 1.54) is 16.7 Å². The molecule has 3 rings (SSSR count). The van der Waals surface area contributed by atoms with Crippen molar-refractivity contribution >= 4 is 5.57 Å². The van der Waals surface area contributed by atoms with Crippen LogP contribution in [-0.4, -0.2) is 6.10 Å². The molecule has 1 aliphatic heterocycles. The Labute approximate surface area is 89.4 Å². The predicted molar refractivity (Wildman–Crippen MR) is 60.4 cm³/mol. The minimum Gasteiger partial charge on any atom is -0.481 e. The zero-order chi connectivity index (χ0) is 10.3. The molecule has 2 aliphatic rings. The molecule has 1 atom stereocenters. The SMILES string of the molecule is CC1=C2C=[C]C=CC2Oc2ccccc21. The molecule has 0 spiro atoms. The molecule has 15 heavy (non-hydrogen) atoms. The molecular weight excluding hydrogens is 184 g/mol. The third-order valence-electron chi connectivity index (χ3n) is 2.89. The lowest BCUT2D eigenvalue weighted by molar-refractivity contribution is 0.281. The van der Waals surface area contributed by atoms with Crippen LogP contribution in [0.2, 0.25) is 0 Å². The van der Waals surface area contributed by atoms with E-state index >= 15 is 0 Å². The van der Waals surface area contributed by atoms with E-state index in [-0.39, 0.29) is 6.10 Å². The van der Waals surface area contributed by atoms with E-state index in [0.29, 0.717) is 0 Å². The quantitative estimate of drug-likeness (QED) is 0.618. The number of allylic oxidation sites excluding steroid dienone is 3. The third-order valence-corrected chi connectivity index (χ3v) is 2.89. The molecule has 0 bridgehead atoms. The largest absolute Gasteiger partial charge is 0.481 e. The van der Waals surface area contributed by atoms with E-state index in [0.717, 1.165) is 5.75 Å². The molecule has 0 saturated carbocycles. The van der Waals surface area contributed by atoms with Gasteiger partial charge in [0.25, 0.3) is 0 Å². The Bertz CT molecular complexity index is 492. The van der Waals surface area contributed by atoms with Gasteiger partial charge >= 0.3 is 0 Å². The smallest absolute Gasteiger partial charge is 0.143 e. The average Bonchev–Trinajstić information content (AvgIpc) is 2.30. The van der Waals surface area contributed by atoms with Crippen LogP contribution in [0.1, 0.15) is 12.5 Å². The summed E-state index contributed by atoms with van der Waals surface area (Å²) in [5.41, 5.74) is 3.70. The monoisotopic (exact) mass is 195 g/mol. The first-order valence-corrected chi connectivity index (χ1v) is 5.09. The lowest BCUT2D eigenvalue weighted by Gasteiger charge is -2.28. The molecule has 0 fully saturated rings.